The standard InChI is InChI=1S/C29H26N8O6/c1-14-7-17(5-6-18(14)29(42)43)13-34-28(41)20-9-19(35-22-10-21(30)36-37(20)22)27(40)33-12-16-4-2-3-15(8-16)11-32-24-23(31)25(38)26(24)39/h2-10,32H,11-13,31H2,1H3,(H2,30,36)(H,33,40)(H,34,41)(H,42,43). The van der Waals surface area contributed by atoms with Crippen LogP contribution in [-0.4, -0.2) is 37.5 Å². The lowest BCUT2D eigenvalue weighted by molar-refractivity contribution is 0.0695. The molecule has 0 saturated heterocycles. The Balaban J connectivity index is 1.27. The van der Waals surface area contributed by atoms with Crippen LogP contribution in [0, 0.1) is 6.92 Å². The van der Waals surface area contributed by atoms with Crippen LogP contribution >= 0.6 is 0 Å². The molecule has 3 aromatic carbocycles. The first-order valence-electron chi connectivity index (χ1n) is 13.0. The second-order valence-electron chi connectivity index (χ2n) is 9.81. The molecule has 0 unspecified atom stereocenters. The molecule has 0 aliphatic carbocycles. The van der Waals surface area contributed by atoms with Gasteiger partial charge in [-0.1, -0.05) is 36.4 Å². The Morgan fingerprint density at radius 1 is 0.860 bits per heavy atom. The van der Waals surface area contributed by atoms with Gasteiger partial charge in [-0.2, -0.15) is 0 Å². The van der Waals surface area contributed by atoms with Crippen molar-refractivity contribution in [1.29, 1.82) is 0 Å². The van der Waals surface area contributed by atoms with Crippen molar-refractivity contribution in [3.05, 3.63) is 114 Å². The number of rotatable bonds is 10. The molecule has 43 heavy (non-hydrogen) atoms. The molecule has 5 rings (SSSR count). The third kappa shape index (κ3) is 5.88. The van der Waals surface area contributed by atoms with Gasteiger partial charge < -0.3 is 32.5 Å². The van der Waals surface area contributed by atoms with E-state index in [1.165, 1.54) is 22.7 Å². The highest BCUT2D eigenvalue weighted by molar-refractivity contribution is 5.98. The highest BCUT2D eigenvalue weighted by atomic mass is 16.4. The average molecular weight is 583 g/mol. The number of carboxylic acids is 1. The number of anilines is 3. The van der Waals surface area contributed by atoms with Gasteiger partial charge in [0.15, 0.2) is 5.65 Å². The van der Waals surface area contributed by atoms with Crippen LogP contribution in [0.25, 0.3) is 5.65 Å². The summed E-state index contributed by atoms with van der Waals surface area (Å²) in [6, 6.07) is 14.7. The quantitative estimate of drug-likeness (QED) is 0.127. The summed E-state index contributed by atoms with van der Waals surface area (Å²) >= 11 is 0. The first-order chi connectivity index (χ1) is 20.5. The van der Waals surface area contributed by atoms with Crippen LogP contribution in [0.15, 0.2) is 64.2 Å². The van der Waals surface area contributed by atoms with Crippen LogP contribution in [-0.2, 0) is 19.6 Å². The average Bonchev–Trinajstić information content (AvgIpc) is 3.38. The SMILES string of the molecule is Cc1cc(CNC(=O)c2cc(C(=O)NCc3cccc(CNc4c(N)c(=O)c4=O)c3)nc3cc(N)nn23)ccc1C(=O)O. The fraction of sp³-hybridized carbons (Fsp3) is 0.138. The van der Waals surface area contributed by atoms with Gasteiger partial charge in [0.2, 0.25) is 0 Å². The number of carbonyl (C=O) groups is 3. The van der Waals surface area contributed by atoms with Crippen molar-refractivity contribution in [1.82, 2.24) is 25.2 Å². The van der Waals surface area contributed by atoms with E-state index < -0.39 is 28.6 Å². The predicted octanol–water partition coefficient (Wildman–Crippen LogP) is 0.968. The van der Waals surface area contributed by atoms with E-state index in [0.29, 0.717) is 11.1 Å². The van der Waals surface area contributed by atoms with Crippen LogP contribution in [0.2, 0.25) is 0 Å². The van der Waals surface area contributed by atoms with Crippen LogP contribution < -0.4 is 38.3 Å². The maximum absolute atomic E-state index is 13.2. The molecule has 0 spiro atoms. The van der Waals surface area contributed by atoms with Gasteiger partial charge in [-0.25, -0.2) is 14.3 Å². The topological polar surface area (TPSA) is 224 Å². The Morgan fingerprint density at radius 2 is 1.53 bits per heavy atom. The number of carboxylic acid groups (broad SMARTS) is 1. The third-order valence-electron chi connectivity index (χ3n) is 6.75. The van der Waals surface area contributed by atoms with Gasteiger partial charge in [0, 0.05) is 31.8 Å². The van der Waals surface area contributed by atoms with Crippen molar-refractivity contribution in [3.63, 3.8) is 0 Å². The normalized spacial score (nSPS) is 11.0. The molecule has 0 aliphatic heterocycles. The summed E-state index contributed by atoms with van der Waals surface area (Å²) in [6.45, 7) is 2.15. The Labute approximate surface area is 243 Å². The Kier molecular flexibility index (Phi) is 7.58. The van der Waals surface area contributed by atoms with Crippen LogP contribution in [0.4, 0.5) is 17.2 Å². The van der Waals surface area contributed by atoms with E-state index in [9.17, 15) is 29.1 Å². The monoisotopic (exact) mass is 582 g/mol. The first-order valence-corrected chi connectivity index (χ1v) is 13.0. The molecule has 5 aromatic rings. The summed E-state index contributed by atoms with van der Waals surface area (Å²) in [5, 5.41) is 21.7. The number of hydrogen-bond donors (Lipinski definition) is 6. The number of fused-ring (bicyclic) bond motifs is 1. The first kappa shape index (κ1) is 28.5. The van der Waals surface area contributed by atoms with Gasteiger partial charge in [0.05, 0.1) is 5.56 Å². The van der Waals surface area contributed by atoms with E-state index in [4.69, 9.17) is 11.5 Å². The smallest absolute Gasteiger partial charge is 0.335 e. The second-order valence-corrected chi connectivity index (χ2v) is 9.81. The molecule has 218 valence electrons. The van der Waals surface area contributed by atoms with Crippen molar-refractivity contribution < 1.29 is 19.5 Å². The van der Waals surface area contributed by atoms with E-state index in [-0.39, 0.29) is 59.4 Å². The summed E-state index contributed by atoms with van der Waals surface area (Å²) in [6.07, 6.45) is 0. The molecule has 0 aliphatic rings. The molecule has 2 heterocycles. The van der Waals surface area contributed by atoms with Crippen molar-refractivity contribution in [2.75, 3.05) is 16.8 Å². The molecule has 2 amide bonds. The Morgan fingerprint density at radius 3 is 2.21 bits per heavy atom. The number of carbonyl (C=O) groups excluding carboxylic acids is 2. The zero-order chi connectivity index (χ0) is 30.8. The Bertz CT molecular complexity index is 1990. The molecule has 14 nitrogen and oxygen atoms in total. The van der Waals surface area contributed by atoms with Gasteiger partial charge in [-0.05, 0) is 35.2 Å². The fourth-order valence-corrected chi connectivity index (χ4v) is 4.52. The number of amides is 2. The van der Waals surface area contributed by atoms with E-state index in [2.05, 4.69) is 26.0 Å². The third-order valence-corrected chi connectivity index (χ3v) is 6.75. The molecule has 14 heteroatoms. The number of benzene rings is 2. The lowest BCUT2D eigenvalue weighted by Crippen LogP contribution is -2.36. The van der Waals surface area contributed by atoms with Crippen LogP contribution in [0.1, 0.15) is 53.6 Å². The highest BCUT2D eigenvalue weighted by Crippen LogP contribution is 2.15. The van der Waals surface area contributed by atoms with Gasteiger partial charge in [0.25, 0.3) is 22.7 Å². The van der Waals surface area contributed by atoms with Gasteiger partial charge in [-0.15, -0.1) is 5.10 Å². The summed E-state index contributed by atoms with van der Waals surface area (Å²) in [7, 11) is 0. The lowest BCUT2D eigenvalue weighted by atomic mass is 10.1. The van der Waals surface area contributed by atoms with Crippen molar-refractivity contribution in [3.8, 4) is 0 Å². The highest BCUT2D eigenvalue weighted by Gasteiger charge is 2.20. The minimum absolute atomic E-state index is 0.0244. The minimum atomic E-state index is -1.04. The molecule has 2 aromatic heterocycles. The molecule has 0 saturated carbocycles. The molecule has 0 atom stereocenters. The number of aromatic carboxylic acids is 1. The molecular formula is C29H26N8O6. The molecule has 8 N–H and O–H groups in total. The summed E-state index contributed by atoms with van der Waals surface area (Å²) < 4.78 is 1.24. The number of nitrogens with one attached hydrogen (secondary N) is 3. The number of hydrogen-bond acceptors (Lipinski definition) is 10. The van der Waals surface area contributed by atoms with Gasteiger partial charge >= 0.3 is 5.97 Å². The van der Waals surface area contributed by atoms with E-state index in [1.54, 1.807) is 31.2 Å². The maximum atomic E-state index is 13.2. The molecule has 0 bridgehead atoms. The summed E-state index contributed by atoms with van der Waals surface area (Å²) in [5.74, 6) is -2.03. The summed E-state index contributed by atoms with van der Waals surface area (Å²) in [5.41, 5.74) is 13.2. The predicted molar refractivity (Wildman–Crippen MR) is 157 cm³/mol. The number of aromatic nitrogens is 3. The molecule has 0 fully saturated rings. The largest absolute Gasteiger partial charge is 0.478 e. The minimum Gasteiger partial charge on any atom is -0.478 e. The zero-order valence-electron chi connectivity index (χ0n) is 22.8. The van der Waals surface area contributed by atoms with Crippen molar-refractivity contribution in [2.45, 2.75) is 26.6 Å². The fourth-order valence-electron chi connectivity index (χ4n) is 4.52. The number of aryl methyl sites for hydroxylation is 1. The Hall–Kier alpha value is -6.05. The van der Waals surface area contributed by atoms with Crippen molar-refractivity contribution >= 4 is 40.6 Å². The maximum Gasteiger partial charge on any atom is 0.335 e. The van der Waals surface area contributed by atoms with Crippen LogP contribution in [0.5, 0.6) is 0 Å². The number of nitrogen functional groups attached to an aromatic ring is 2. The molecule has 0 radical (unpaired) electrons. The zero-order valence-corrected chi connectivity index (χ0v) is 22.8. The lowest BCUT2D eigenvalue weighted by Gasteiger charge is -2.12. The second kappa shape index (κ2) is 11.4. The van der Waals surface area contributed by atoms with Gasteiger partial charge in [0.1, 0.15) is 28.6 Å². The number of nitrogens with zero attached hydrogens (tertiary/aromatic N) is 3. The van der Waals surface area contributed by atoms with Crippen molar-refractivity contribution in [2.24, 2.45) is 0 Å². The van der Waals surface area contributed by atoms with E-state index in [1.807, 2.05) is 12.1 Å². The van der Waals surface area contributed by atoms with Gasteiger partial charge in [-0.3, -0.25) is 19.2 Å². The van der Waals surface area contributed by atoms with E-state index >= 15 is 0 Å². The number of nitrogens with two attached hydrogens (primary N) is 2. The van der Waals surface area contributed by atoms with Crippen LogP contribution in [0.3, 0.4) is 0 Å². The molecular weight excluding hydrogens is 556 g/mol. The van der Waals surface area contributed by atoms with E-state index in [0.717, 1.165) is 11.1 Å². The summed E-state index contributed by atoms with van der Waals surface area (Å²) in [4.78, 5) is 64.7.